The minimum atomic E-state index is 0.0914. The van der Waals surface area contributed by atoms with Gasteiger partial charge < -0.3 is 14.7 Å². The maximum Gasteiger partial charge on any atom is 0.0681 e. The Kier molecular flexibility index (Phi) is 4.00. The van der Waals surface area contributed by atoms with E-state index >= 15 is 0 Å². The molecule has 0 saturated carbocycles. The van der Waals surface area contributed by atoms with Gasteiger partial charge in [-0.2, -0.15) is 0 Å². The molecule has 2 aromatic carbocycles. The third kappa shape index (κ3) is 2.84. The van der Waals surface area contributed by atoms with E-state index in [2.05, 4.69) is 41.3 Å². The average molecular weight is 269 g/mol. The second-order valence-corrected chi connectivity index (χ2v) is 5.00. The lowest BCUT2D eigenvalue weighted by Crippen LogP contribution is -2.36. The summed E-state index contributed by atoms with van der Waals surface area (Å²) in [6, 6.07) is 16.6. The number of nitrogens with zero attached hydrogens (tertiary/aromatic N) is 1. The summed E-state index contributed by atoms with van der Waals surface area (Å²) >= 11 is 0. The molecule has 3 heteroatoms. The zero-order valence-corrected chi connectivity index (χ0v) is 11.5. The summed E-state index contributed by atoms with van der Waals surface area (Å²) in [5.74, 6) is 0. The molecule has 3 rings (SSSR count). The normalized spacial score (nSPS) is 15.3. The predicted octanol–water partition coefficient (Wildman–Crippen LogP) is 2.68. The molecule has 0 spiro atoms. The quantitative estimate of drug-likeness (QED) is 0.930. The number of aliphatic hydroxyl groups excluding tert-OH is 1. The molecule has 1 fully saturated rings. The number of ether oxygens (including phenoxy) is 1. The van der Waals surface area contributed by atoms with Crippen LogP contribution in [0.1, 0.15) is 5.56 Å². The average Bonchev–Trinajstić information content (AvgIpc) is 2.56. The van der Waals surface area contributed by atoms with Gasteiger partial charge in [0.15, 0.2) is 0 Å². The maximum atomic E-state index is 9.09. The third-order valence-corrected chi connectivity index (χ3v) is 3.69. The van der Waals surface area contributed by atoms with E-state index in [0.717, 1.165) is 31.9 Å². The Hall–Kier alpha value is -1.84. The number of rotatable bonds is 3. The molecule has 104 valence electrons. The summed E-state index contributed by atoms with van der Waals surface area (Å²) in [6.45, 7) is 3.60. The first-order chi connectivity index (χ1) is 9.86. The highest BCUT2D eigenvalue weighted by Crippen LogP contribution is 2.25. The van der Waals surface area contributed by atoms with Crippen LogP contribution in [0.3, 0.4) is 0 Å². The fourth-order valence-corrected chi connectivity index (χ4v) is 2.51. The SMILES string of the molecule is OCc1ccc(-c2cccc(N3CCOCC3)c2)cc1. The predicted molar refractivity (Wildman–Crippen MR) is 80.8 cm³/mol. The lowest BCUT2D eigenvalue weighted by Gasteiger charge is -2.29. The van der Waals surface area contributed by atoms with E-state index in [1.165, 1.54) is 16.8 Å². The molecule has 0 aromatic heterocycles. The van der Waals surface area contributed by atoms with Gasteiger partial charge in [0, 0.05) is 18.8 Å². The molecule has 0 aliphatic carbocycles. The van der Waals surface area contributed by atoms with Crippen LogP contribution in [0.25, 0.3) is 11.1 Å². The summed E-state index contributed by atoms with van der Waals surface area (Å²) in [6.07, 6.45) is 0. The van der Waals surface area contributed by atoms with E-state index in [1.807, 2.05) is 12.1 Å². The fraction of sp³-hybridized carbons (Fsp3) is 0.294. The van der Waals surface area contributed by atoms with Crippen molar-refractivity contribution < 1.29 is 9.84 Å². The van der Waals surface area contributed by atoms with Crippen LogP contribution in [-0.4, -0.2) is 31.4 Å². The zero-order valence-electron chi connectivity index (χ0n) is 11.5. The van der Waals surface area contributed by atoms with E-state index in [1.54, 1.807) is 0 Å². The second kappa shape index (κ2) is 6.07. The third-order valence-electron chi connectivity index (χ3n) is 3.69. The monoisotopic (exact) mass is 269 g/mol. The maximum absolute atomic E-state index is 9.09. The Morgan fingerprint density at radius 3 is 2.40 bits per heavy atom. The molecular weight excluding hydrogens is 250 g/mol. The molecule has 2 aromatic rings. The summed E-state index contributed by atoms with van der Waals surface area (Å²) in [7, 11) is 0. The van der Waals surface area contributed by atoms with Crippen molar-refractivity contribution in [2.24, 2.45) is 0 Å². The topological polar surface area (TPSA) is 32.7 Å². The van der Waals surface area contributed by atoms with Gasteiger partial charge in [-0.25, -0.2) is 0 Å². The highest BCUT2D eigenvalue weighted by molar-refractivity contribution is 5.68. The molecule has 0 amide bonds. The first kappa shape index (κ1) is 13.2. The Morgan fingerprint density at radius 1 is 0.950 bits per heavy atom. The lowest BCUT2D eigenvalue weighted by molar-refractivity contribution is 0.122. The van der Waals surface area contributed by atoms with Gasteiger partial charge in [-0.15, -0.1) is 0 Å². The highest BCUT2D eigenvalue weighted by atomic mass is 16.5. The molecule has 20 heavy (non-hydrogen) atoms. The van der Waals surface area contributed by atoms with E-state index in [4.69, 9.17) is 9.84 Å². The molecule has 1 saturated heterocycles. The first-order valence-corrected chi connectivity index (χ1v) is 7.00. The van der Waals surface area contributed by atoms with Crippen LogP contribution in [0.4, 0.5) is 5.69 Å². The van der Waals surface area contributed by atoms with Gasteiger partial charge >= 0.3 is 0 Å². The molecule has 0 atom stereocenters. The molecule has 3 nitrogen and oxygen atoms in total. The van der Waals surface area contributed by atoms with E-state index in [9.17, 15) is 0 Å². The largest absolute Gasteiger partial charge is 0.392 e. The Morgan fingerprint density at radius 2 is 1.70 bits per heavy atom. The fourth-order valence-electron chi connectivity index (χ4n) is 2.51. The van der Waals surface area contributed by atoms with E-state index in [0.29, 0.717) is 0 Å². The van der Waals surface area contributed by atoms with Crippen molar-refractivity contribution in [3.05, 3.63) is 54.1 Å². The van der Waals surface area contributed by atoms with Gasteiger partial charge in [0.05, 0.1) is 19.8 Å². The molecule has 1 aliphatic rings. The first-order valence-electron chi connectivity index (χ1n) is 7.00. The summed E-state index contributed by atoms with van der Waals surface area (Å²) in [4.78, 5) is 2.36. The molecule has 1 N–H and O–H groups in total. The van der Waals surface area contributed by atoms with Crippen LogP contribution in [0, 0.1) is 0 Å². The van der Waals surface area contributed by atoms with Crippen molar-refractivity contribution in [3.8, 4) is 11.1 Å². The Labute approximate surface area is 119 Å². The van der Waals surface area contributed by atoms with Crippen LogP contribution in [0.2, 0.25) is 0 Å². The number of aliphatic hydroxyl groups is 1. The Bertz CT molecular complexity index is 559. The van der Waals surface area contributed by atoms with Crippen LogP contribution >= 0.6 is 0 Å². The highest BCUT2D eigenvalue weighted by Gasteiger charge is 2.11. The summed E-state index contributed by atoms with van der Waals surface area (Å²) in [5, 5.41) is 9.09. The van der Waals surface area contributed by atoms with Crippen molar-refractivity contribution in [1.29, 1.82) is 0 Å². The van der Waals surface area contributed by atoms with Crippen molar-refractivity contribution in [2.45, 2.75) is 6.61 Å². The van der Waals surface area contributed by atoms with Gasteiger partial charge in [0.2, 0.25) is 0 Å². The molecule has 0 radical (unpaired) electrons. The molecule has 0 bridgehead atoms. The minimum Gasteiger partial charge on any atom is -0.392 e. The number of anilines is 1. The van der Waals surface area contributed by atoms with Crippen LogP contribution in [-0.2, 0) is 11.3 Å². The molecule has 0 unspecified atom stereocenters. The standard InChI is InChI=1S/C17H19NO2/c19-13-14-4-6-15(7-5-14)16-2-1-3-17(12-16)18-8-10-20-11-9-18/h1-7,12,19H,8-11,13H2. The van der Waals surface area contributed by atoms with Gasteiger partial charge in [-0.05, 0) is 28.8 Å². The van der Waals surface area contributed by atoms with Gasteiger partial charge in [0.25, 0.3) is 0 Å². The van der Waals surface area contributed by atoms with Gasteiger partial charge in [-0.3, -0.25) is 0 Å². The smallest absolute Gasteiger partial charge is 0.0681 e. The number of hydrogen-bond donors (Lipinski definition) is 1. The molecule has 1 aliphatic heterocycles. The summed E-state index contributed by atoms with van der Waals surface area (Å²) in [5.41, 5.74) is 4.57. The number of hydrogen-bond acceptors (Lipinski definition) is 3. The second-order valence-electron chi connectivity index (χ2n) is 5.00. The zero-order chi connectivity index (χ0) is 13.8. The lowest BCUT2D eigenvalue weighted by atomic mass is 10.0. The summed E-state index contributed by atoms with van der Waals surface area (Å²) < 4.78 is 5.40. The van der Waals surface area contributed by atoms with Crippen LogP contribution in [0.5, 0.6) is 0 Å². The van der Waals surface area contributed by atoms with Crippen molar-refractivity contribution in [3.63, 3.8) is 0 Å². The number of benzene rings is 2. The van der Waals surface area contributed by atoms with Gasteiger partial charge in [-0.1, -0.05) is 36.4 Å². The molecule has 1 heterocycles. The Balaban J connectivity index is 1.85. The van der Waals surface area contributed by atoms with Crippen molar-refractivity contribution in [2.75, 3.05) is 31.2 Å². The van der Waals surface area contributed by atoms with Crippen molar-refractivity contribution in [1.82, 2.24) is 0 Å². The van der Waals surface area contributed by atoms with E-state index in [-0.39, 0.29) is 6.61 Å². The molecular formula is C17H19NO2. The van der Waals surface area contributed by atoms with Crippen LogP contribution < -0.4 is 4.90 Å². The minimum absolute atomic E-state index is 0.0914. The van der Waals surface area contributed by atoms with Crippen molar-refractivity contribution >= 4 is 5.69 Å². The number of morpholine rings is 1. The van der Waals surface area contributed by atoms with Gasteiger partial charge in [0.1, 0.15) is 0 Å². The van der Waals surface area contributed by atoms with E-state index < -0.39 is 0 Å². The van der Waals surface area contributed by atoms with Crippen LogP contribution in [0.15, 0.2) is 48.5 Å².